The molecule has 1 heterocycles. The highest BCUT2D eigenvalue weighted by atomic mass is 16.3. The molecular weight excluding hydrogens is 162 g/mol. The number of rotatable bonds is 4. The van der Waals surface area contributed by atoms with Crippen molar-refractivity contribution < 1.29 is 5.11 Å². The molecule has 2 nitrogen and oxygen atoms in total. The summed E-state index contributed by atoms with van der Waals surface area (Å²) in [5.74, 6) is 0.675. The number of β-amino-alcohol motifs (C(OH)–C–C–N with tert-alkyl or cyclic N) is 1. The van der Waals surface area contributed by atoms with E-state index in [9.17, 15) is 5.11 Å². The van der Waals surface area contributed by atoms with E-state index in [4.69, 9.17) is 0 Å². The van der Waals surface area contributed by atoms with Crippen LogP contribution in [0.2, 0.25) is 0 Å². The monoisotopic (exact) mass is 185 g/mol. The molecule has 0 bridgehead atoms. The van der Waals surface area contributed by atoms with Crippen molar-refractivity contribution in [3.8, 4) is 0 Å². The first-order valence-corrected chi connectivity index (χ1v) is 5.57. The Morgan fingerprint density at radius 2 is 2.15 bits per heavy atom. The van der Waals surface area contributed by atoms with Crippen molar-refractivity contribution >= 4 is 0 Å². The van der Waals surface area contributed by atoms with E-state index in [-0.39, 0.29) is 6.10 Å². The van der Waals surface area contributed by atoms with Gasteiger partial charge in [0.25, 0.3) is 0 Å². The summed E-state index contributed by atoms with van der Waals surface area (Å²) >= 11 is 0. The fourth-order valence-corrected chi connectivity index (χ4v) is 2.22. The number of hydrogen-bond acceptors (Lipinski definition) is 2. The molecule has 0 spiro atoms. The Labute approximate surface area is 81.9 Å². The molecule has 1 saturated heterocycles. The van der Waals surface area contributed by atoms with Crippen molar-refractivity contribution in [3.63, 3.8) is 0 Å². The minimum atomic E-state index is -0.0794. The van der Waals surface area contributed by atoms with Crippen LogP contribution in [-0.2, 0) is 0 Å². The first-order chi connectivity index (χ1) is 6.15. The zero-order valence-corrected chi connectivity index (χ0v) is 9.16. The molecule has 1 aliphatic heterocycles. The average Bonchev–Trinajstić information content (AvgIpc) is 2.43. The van der Waals surface area contributed by atoms with Crippen LogP contribution >= 0.6 is 0 Å². The second kappa shape index (κ2) is 4.97. The van der Waals surface area contributed by atoms with Crippen molar-refractivity contribution in [1.29, 1.82) is 0 Å². The molecule has 0 amide bonds. The van der Waals surface area contributed by atoms with Gasteiger partial charge in [-0.15, -0.1) is 0 Å². The molecular formula is C11H23NO. The highest BCUT2D eigenvalue weighted by Gasteiger charge is 2.31. The lowest BCUT2D eigenvalue weighted by Gasteiger charge is -2.26. The smallest absolute Gasteiger partial charge is 0.0682 e. The number of nitrogens with zero attached hydrogens (tertiary/aromatic N) is 1. The van der Waals surface area contributed by atoms with E-state index in [0.717, 1.165) is 19.5 Å². The van der Waals surface area contributed by atoms with Gasteiger partial charge >= 0.3 is 0 Å². The van der Waals surface area contributed by atoms with Gasteiger partial charge in [-0.05, 0) is 25.3 Å². The molecule has 2 heteroatoms. The van der Waals surface area contributed by atoms with E-state index < -0.39 is 0 Å². The molecule has 2 atom stereocenters. The maximum atomic E-state index is 9.58. The zero-order valence-electron chi connectivity index (χ0n) is 9.16. The third-order valence-electron chi connectivity index (χ3n) is 3.00. The standard InChI is InChI=1S/C11H23NO/c1-4-5-6-12-8-10(13)7-11(12)9(2)3/h9-11,13H,4-8H2,1-3H3/t10-,11+/m0/s1. The molecule has 13 heavy (non-hydrogen) atoms. The van der Waals surface area contributed by atoms with Crippen molar-refractivity contribution in [3.05, 3.63) is 0 Å². The van der Waals surface area contributed by atoms with Crippen LogP contribution in [0, 0.1) is 5.92 Å². The molecule has 0 aliphatic carbocycles. The fraction of sp³-hybridized carbons (Fsp3) is 1.00. The summed E-state index contributed by atoms with van der Waals surface area (Å²) < 4.78 is 0. The van der Waals surface area contributed by atoms with E-state index in [1.807, 2.05) is 0 Å². The summed E-state index contributed by atoms with van der Waals surface area (Å²) in [6.45, 7) is 8.78. The number of aliphatic hydroxyl groups excluding tert-OH is 1. The third-order valence-corrected chi connectivity index (χ3v) is 3.00. The summed E-state index contributed by atoms with van der Waals surface area (Å²) in [6, 6.07) is 0.613. The number of hydrogen-bond donors (Lipinski definition) is 1. The van der Waals surface area contributed by atoms with Crippen LogP contribution in [0.25, 0.3) is 0 Å². The van der Waals surface area contributed by atoms with Gasteiger partial charge in [0, 0.05) is 12.6 Å². The van der Waals surface area contributed by atoms with Crippen molar-refractivity contribution in [2.45, 2.75) is 52.2 Å². The second-order valence-electron chi connectivity index (χ2n) is 4.55. The van der Waals surface area contributed by atoms with E-state index >= 15 is 0 Å². The first-order valence-electron chi connectivity index (χ1n) is 5.57. The van der Waals surface area contributed by atoms with Gasteiger partial charge in [0.15, 0.2) is 0 Å². The van der Waals surface area contributed by atoms with Crippen LogP contribution in [0.1, 0.15) is 40.0 Å². The van der Waals surface area contributed by atoms with Crippen LogP contribution < -0.4 is 0 Å². The van der Waals surface area contributed by atoms with Gasteiger partial charge in [-0.1, -0.05) is 27.2 Å². The average molecular weight is 185 g/mol. The molecule has 0 radical (unpaired) electrons. The summed E-state index contributed by atoms with van der Waals surface area (Å²) in [7, 11) is 0. The Morgan fingerprint density at radius 1 is 1.46 bits per heavy atom. The molecule has 1 N–H and O–H groups in total. The van der Waals surface area contributed by atoms with Crippen LogP contribution in [0.15, 0.2) is 0 Å². The highest BCUT2D eigenvalue weighted by Crippen LogP contribution is 2.24. The molecule has 1 rings (SSSR count). The van der Waals surface area contributed by atoms with Gasteiger partial charge in [0.2, 0.25) is 0 Å². The largest absolute Gasteiger partial charge is 0.392 e. The lowest BCUT2D eigenvalue weighted by Crippen LogP contribution is -2.34. The van der Waals surface area contributed by atoms with Crippen LogP contribution in [0.5, 0.6) is 0 Å². The SMILES string of the molecule is CCCCN1C[C@@H](O)C[C@@H]1C(C)C. The van der Waals surface area contributed by atoms with Gasteiger partial charge < -0.3 is 5.11 Å². The molecule has 0 saturated carbocycles. The van der Waals surface area contributed by atoms with Crippen LogP contribution in [0.4, 0.5) is 0 Å². The highest BCUT2D eigenvalue weighted by molar-refractivity contribution is 4.86. The topological polar surface area (TPSA) is 23.5 Å². The van der Waals surface area contributed by atoms with Crippen molar-refractivity contribution in [2.75, 3.05) is 13.1 Å². The minimum Gasteiger partial charge on any atom is -0.392 e. The summed E-state index contributed by atoms with van der Waals surface area (Å²) in [4.78, 5) is 2.46. The third kappa shape index (κ3) is 2.96. The molecule has 78 valence electrons. The van der Waals surface area contributed by atoms with Crippen LogP contribution in [-0.4, -0.2) is 35.2 Å². The van der Waals surface area contributed by atoms with Gasteiger partial charge in [0.05, 0.1) is 6.10 Å². The lowest BCUT2D eigenvalue weighted by molar-refractivity contribution is 0.171. The Kier molecular flexibility index (Phi) is 4.20. The molecule has 1 aliphatic rings. The van der Waals surface area contributed by atoms with Crippen molar-refractivity contribution in [2.24, 2.45) is 5.92 Å². The predicted octanol–water partition coefficient (Wildman–Crippen LogP) is 1.88. The van der Waals surface area contributed by atoms with E-state index in [0.29, 0.717) is 12.0 Å². The van der Waals surface area contributed by atoms with Gasteiger partial charge in [0.1, 0.15) is 0 Å². The normalized spacial score (nSPS) is 30.2. The Balaban J connectivity index is 2.41. The quantitative estimate of drug-likeness (QED) is 0.723. The molecule has 0 unspecified atom stereocenters. The number of aliphatic hydroxyl groups is 1. The summed E-state index contributed by atoms with van der Waals surface area (Å²) in [6.07, 6.45) is 3.40. The van der Waals surface area contributed by atoms with Gasteiger partial charge in [-0.3, -0.25) is 4.90 Å². The van der Waals surface area contributed by atoms with Gasteiger partial charge in [-0.25, -0.2) is 0 Å². The summed E-state index contributed by atoms with van der Waals surface area (Å²) in [5, 5.41) is 9.58. The Hall–Kier alpha value is -0.0800. The molecule has 1 fully saturated rings. The van der Waals surface area contributed by atoms with Crippen LogP contribution in [0.3, 0.4) is 0 Å². The Bertz CT molecular complexity index is 147. The van der Waals surface area contributed by atoms with E-state index in [1.54, 1.807) is 0 Å². The van der Waals surface area contributed by atoms with E-state index in [2.05, 4.69) is 25.7 Å². The van der Waals surface area contributed by atoms with Crippen molar-refractivity contribution in [1.82, 2.24) is 4.90 Å². The molecule has 0 aromatic rings. The maximum absolute atomic E-state index is 9.58. The lowest BCUT2D eigenvalue weighted by atomic mass is 10.0. The molecule has 0 aromatic carbocycles. The Morgan fingerprint density at radius 3 is 2.69 bits per heavy atom. The summed E-state index contributed by atoms with van der Waals surface area (Å²) in [5.41, 5.74) is 0. The zero-order chi connectivity index (χ0) is 9.84. The van der Waals surface area contributed by atoms with Gasteiger partial charge in [-0.2, -0.15) is 0 Å². The number of unbranched alkanes of at least 4 members (excludes halogenated alkanes) is 1. The first kappa shape index (κ1) is 11.0. The van der Waals surface area contributed by atoms with E-state index in [1.165, 1.54) is 12.8 Å². The number of likely N-dealkylation sites (tertiary alicyclic amines) is 1. The predicted molar refractivity (Wildman–Crippen MR) is 55.7 cm³/mol. The second-order valence-corrected chi connectivity index (χ2v) is 4.55. The molecule has 0 aromatic heterocycles. The maximum Gasteiger partial charge on any atom is 0.0682 e. The fourth-order valence-electron chi connectivity index (χ4n) is 2.22. The minimum absolute atomic E-state index is 0.0794.